The third kappa shape index (κ3) is 5.71. The van der Waals surface area contributed by atoms with Crippen LogP contribution in [-0.2, 0) is 8.85 Å². The Morgan fingerprint density at radius 1 is 1.17 bits per heavy atom. The first kappa shape index (κ1) is 12.1. The van der Waals surface area contributed by atoms with Crippen LogP contribution >= 0.6 is 0 Å². The van der Waals surface area contributed by atoms with E-state index in [0.29, 0.717) is 6.04 Å². The van der Waals surface area contributed by atoms with E-state index in [1.165, 1.54) is 0 Å². The average molecular weight is 191 g/mol. The molecule has 3 nitrogen and oxygen atoms in total. The molecule has 4 heteroatoms. The van der Waals surface area contributed by atoms with Gasteiger partial charge in [-0.15, -0.1) is 0 Å². The number of rotatable bonds is 7. The highest BCUT2D eigenvalue weighted by molar-refractivity contribution is 6.41. The summed E-state index contributed by atoms with van der Waals surface area (Å²) in [5.74, 6) is 0. The second-order valence-corrected chi connectivity index (χ2v) is 4.38. The molecule has 0 aromatic carbocycles. The van der Waals surface area contributed by atoms with E-state index in [0.717, 1.165) is 19.6 Å². The molecule has 0 spiro atoms. The van der Waals surface area contributed by atoms with Crippen molar-refractivity contribution in [3.05, 3.63) is 0 Å². The molecule has 1 unspecified atom stereocenters. The minimum absolute atomic E-state index is 0.500. The van der Waals surface area contributed by atoms with Crippen molar-refractivity contribution in [1.82, 2.24) is 4.98 Å². The van der Waals surface area contributed by atoms with Gasteiger partial charge < -0.3 is 8.85 Å². The van der Waals surface area contributed by atoms with Crippen molar-refractivity contribution < 1.29 is 8.85 Å². The van der Waals surface area contributed by atoms with Crippen LogP contribution in [0.1, 0.15) is 34.1 Å². The zero-order valence-corrected chi connectivity index (χ0v) is 9.75. The van der Waals surface area contributed by atoms with Crippen molar-refractivity contribution in [2.45, 2.75) is 40.2 Å². The Hall–Kier alpha value is 0.0969. The molecule has 0 aliphatic heterocycles. The molecule has 1 atom stereocenters. The SMILES string of the molecule is CCO[SiH](NC(C)CC)OCC. The maximum absolute atomic E-state index is 5.46. The van der Waals surface area contributed by atoms with Crippen LogP contribution in [0.25, 0.3) is 0 Å². The zero-order valence-electron chi connectivity index (χ0n) is 8.59. The minimum atomic E-state index is -1.56. The molecule has 0 rings (SSSR count). The summed E-state index contributed by atoms with van der Waals surface area (Å²) in [6.45, 7) is 9.77. The Labute approximate surface area is 77.4 Å². The third-order valence-corrected chi connectivity index (χ3v) is 3.78. The van der Waals surface area contributed by atoms with Crippen LogP contribution in [0.15, 0.2) is 0 Å². The number of hydrogen-bond acceptors (Lipinski definition) is 3. The summed E-state index contributed by atoms with van der Waals surface area (Å²) < 4.78 is 10.9. The summed E-state index contributed by atoms with van der Waals surface area (Å²) in [7, 11) is -1.56. The maximum Gasteiger partial charge on any atom is 0.408 e. The van der Waals surface area contributed by atoms with E-state index in [4.69, 9.17) is 8.85 Å². The van der Waals surface area contributed by atoms with E-state index >= 15 is 0 Å². The Bertz CT molecular complexity index is 97.1. The van der Waals surface area contributed by atoms with Gasteiger partial charge in [0.05, 0.1) is 0 Å². The van der Waals surface area contributed by atoms with Gasteiger partial charge in [-0.3, -0.25) is 4.98 Å². The molecule has 0 radical (unpaired) electrons. The molecule has 0 aliphatic carbocycles. The summed E-state index contributed by atoms with van der Waals surface area (Å²) >= 11 is 0. The molecule has 0 amide bonds. The fourth-order valence-electron chi connectivity index (χ4n) is 0.797. The molecule has 0 aromatic rings. The molecular weight excluding hydrogens is 170 g/mol. The molecule has 74 valence electrons. The first-order valence-electron chi connectivity index (χ1n) is 4.73. The third-order valence-electron chi connectivity index (χ3n) is 1.67. The van der Waals surface area contributed by atoms with E-state index in [-0.39, 0.29) is 0 Å². The minimum Gasteiger partial charge on any atom is -0.385 e. The molecule has 0 aromatic heterocycles. The Morgan fingerprint density at radius 2 is 1.67 bits per heavy atom. The van der Waals surface area contributed by atoms with Gasteiger partial charge in [-0.2, -0.15) is 0 Å². The van der Waals surface area contributed by atoms with Crippen molar-refractivity contribution in [2.75, 3.05) is 13.2 Å². The standard InChI is InChI=1S/C8H21NO2Si/c1-5-8(4)9-12(10-6-2)11-7-3/h8-9,12H,5-7H2,1-4H3. The van der Waals surface area contributed by atoms with Crippen LogP contribution in [0.2, 0.25) is 0 Å². The molecule has 0 saturated heterocycles. The molecule has 1 N–H and O–H groups in total. The second-order valence-electron chi connectivity index (χ2n) is 2.72. The molecule has 0 saturated carbocycles. The number of hydrogen-bond donors (Lipinski definition) is 1. The van der Waals surface area contributed by atoms with Crippen LogP contribution in [-0.4, -0.2) is 28.7 Å². The molecule has 0 fully saturated rings. The molecule has 0 bridgehead atoms. The monoisotopic (exact) mass is 191 g/mol. The predicted molar refractivity (Wildman–Crippen MR) is 53.3 cm³/mol. The van der Waals surface area contributed by atoms with Gasteiger partial charge in [0.15, 0.2) is 0 Å². The highest BCUT2D eigenvalue weighted by Gasteiger charge is 2.13. The largest absolute Gasteiger partial charge is 0.408 e. The van der Waals surface area contributed by atoms with Crippen LogP contribution < -0.4 is 4.98 Å². The highest BCUT2D eigenvalue weighted by Crippen LogP contribution is 1.92. The Morgan fingerprint density at radius 3 is 2.00 bits per heavy atom. The average Bonchev–Trinajstić information content (AvgIpc) is 2.05. The summed E-state index contributed by atoms with van der Waals surface area (Å²) in [6, 6.07) is 0.500. The highest BCUT2D eigenvalue weighted by atomic mass is 28.3. The van der Waals surface area contributed by atoms with Crippen LogP contribution in [0.4, 0.5) is 0 Å². The Balaban J connectivity index is 3.61. The van der Waals surface area contributed by atoms with E-state index in [1.54, 1.807) is 0 Å². The normalized spacial score (nSPS) is 13.8. The van der Waals surface area contributed by atoms with Crippen molar-refractivity contribution in [3.8, 4) is 0 Å². The summed E-state index contributed by atoms with van der Waals surface area (Å²) in [4.78, 5) is 3.36. The van der Waals surface area contributed by atoms with Crippen molar-refractivity contribution in [2.24, 2.45) is 0 Å². The topological polar surface area (TPSA) is 30.5 Å². The van der Waals surface area contributed by atoms with Gasteiger partial charge in [0.25, 0.3) is 0 Å². The van der Waals surface area contributed by atoms with E-state index < -0.39 is 9.45 Å². The Kier molecular flexibility index (Phi) is 7.79. The fraction of sp³-hybridized carbons (Fsp3) is 1.00. The maximum atomic E-state index is 5.46. The lowest BCUT2D eigenvalue weighted by Crippen LogP contribution is -2.44. The number of nitrogens with one attached hydrogen (secondary N) is 1. The van der Waals surface area contributed by atoms with E-state index in [2.05, 4.69) is 18.8 Å². The second kappa shape index (κ2) is 7.73. The molecule has 0 heterocycles. The fourth-order valence-corrected chi connectivity index (χ4v) is 2.39. The summed E-state index contributed by atoms with van der Waals surface area (Å²) in [5, 5.41) is 0. The molecule has 12 heavy (non-hydrogen) atoms. The van der Waals surface area contributed by atoms with Crippen LogP contribution in [0.3, 0.4) is 0 Å². The quantitative estimate of drug-likeness (QED) is 0.613. The molecule has 0 aliphatic rings. The van der Waals surface area contributed by atoms with Crippen molar-refractivity contribution >= 4 is 9.45 Å². The van der Waals surface area contributed by atoms with Gasteiger partial charge in [-0.1, -0.05) is 13.8 Å². The van der Waals surface area contributed by atoms with E-state index in [1.807, 2.05) is 13.8 Å². The zero-order chi connectivity index (χ0) is 9.40. The van der Waals surface area contributed by atoms with Gasteiger partial charge in [-0.05, 0) is 20.3 Å². The summed E-state index contributed by atoms with van der Waals surface area (Å²) in [6.07, 6.45) is 1.11. The van der Waals surface area contributed by atoms with E-state index in [9.17, 15) is 0 Å². The lowest BCUT2D eigenvalue weighted by Gasteiger charge is -2.19. The van der Waals surface area contributed by atoms with Crippen LogP contribution in [0, 0.1) is 0 Å². The van der Waals surface area contributed by atoms with Gasteiger partial charge in [0.2, 0.25) is 0 Å². The summed E-state index contributed by atoms with van der Waals surface area (Å²) in [5.41, 5.74) is 0. The smallest absolute Gasteiger partial charge is 0.385 e. The lowest BCUT2D eigenvalue weighted by atomic mass is 10.3. The predicted octanol–water partition coefficient (Wildman–Crippen LogP) is 1.16. The van der Waals surface area contributed by atoms with Crippen LogP contribution in [0.5, 0.6) is 0 Å². The van der Waals surface area contributed by atoms with Gasteiger partial charge in [0, 0.05) is 19.3 Å². The van der Waals surface area contributed by atoms with Gasteiger partial charge in [-0.25, -0.2) is 0 Å². The first-order valence-corrected chi connectivity index (χ1v) is 6.25. The molecular formula is C8H21NO2Si. The van der Waals surface area contributed by atoms with Crippen molar-refractivity contribution in [3.63, 3.8) is 0 Å². The van der Waals surface area contributed by atoms with Gasteiger partial charge in [0.1, 0.15) is 0 Å². The lowest BCUT2D eigenvalue weighted by molar-refractivity contribution is 0.199. The first-order chi connectivity index (χ1) is 5.74. The van der Waals surface area contributed by atoms with Crippen molar-refractivity contribution in [1.29, 1.82) is 0 Å². The van der Waals surface area contributed by atoms with Gasteiger partial charge >= 0.3 is 9.45 Å².